The lowest BCUT2D eigenvalue weighted by molar-refractivity contribution is 0.0980. The van der Waals surface area contributed by atoms with E-state index in [1.54, 1.807) is 11.1 Å². The molecule has 0 atom stereocenters. The number of hydrogen-bond donors (Lipinski definition) is 0. The molecule has 0 radical (unpaired) electrons. The standard InChI is InChI=1S/C22H15N5OS/c28-21(19-13-24-16-8-1-2-9-17(16)25-19)27(14-15-7-5-6-12-23-15)22-26-18-10-3-4-11-20(18)29-22/h1-13H,14H2. The molecule has 3 heterocycles. The van der Waals surface area contributed by atoms with Crippen molar-refractivity contribution in [3.05, 3.63) is 90.5 Å². The smallest absolute Gasteiger partial charge is 0.276 e. The minimum absolute atomic E-state index is 0.257. The van der Waals surface area contributed by atoms with Gasteiger partial charge in [0.2, 0.25) is 0 Å². The summed E-state index contributed by atoms with van der Waals surface area (Å²) in [6, 6.07) is 21.0. The van der Waals surface area contributed by atoms with Gasteiger partial charge in [-0.1, -0.05) is 41.7 Å². The number of nitrogens with zero attached hydrogens (tertiary/aromatic N) is 5. The van der Waals surface area contributed by atoms with Crippen LogP contribution >= 0.6 is 11.3 Å². The maximum atomic E-state index is 13.4. The van der Waals surface area contributed by atoms with Crippen LogP contribution in [0.15, 0.2) is 79.1 Å². The highest BCUT2D eigenvalue weighted by molar-refractivity contribution is 7.22. The second-order valence-corrected chi connectivity index (χ2v) is 7.43. The lowest BCUT2D eigenvalue weighted by atomic mass is 10.2. The summed E-state index contributed by atoms with van der Waals surface area (Å²) in [5.74, 6) is -0.257. The highest BCUT2D eigenvalue weighted by atomic mass is 32.1. The van der Waals surface area contributed by atoms with Crippen molar-refractivity contribution in [3.8, 4) is 0 Å². The number of carbonyl (C=O) groups is 1. The van der Waals surface area contributed by atoms with Gasteiger partial charge in [0, 0.05) is 6.20 Å². The molecule has 0 fully saturated rings. The summed E-state index contributed by atoms with van der Waals surface area (Å²) in [6.45, 7) is 0.300. The number of carbonyl (C=O) groups excluding carboxylic acids is 1. The Bertz CT molecular complexity index is 1290. The second kappa shape index (κ2) is 7.37. The predicted molar refractivity (Wildman–Crippen MR) is 114 cm³/mol. The summed E-state index contributed by atoms with van der Waals surface area (Å²) >= 11 is 1.47. The zero-order valence-corrected chi connectivity index (χ0v) is 16.1. The average Bonchev–Trinajstić information content (AvgIpc) is 3.21. The van der Waals surface area contributed by atoms with Crippen LogP contribution in [0.25, 0.3) is 21.3 Å². The van der Waals surface area contributed by atoms with E-state index in [1.807, 2.05) is 66.7 Å². The van der Waals surface area contributed by atoms with Crippen LogP contribution in [-0.4, -0.2) is 25.8 Å². The van der Waals surface area contributed by atoms with Crippen LogP contribution < -0.4 is 4.90 Å². The third kappa shape index (κ3) is 3.43. The molecule has 0 saturated carbocycles. The normalized spacial score (nSPS) is 11.0. The number of aromatic nitrogens is 4. The largest absolute Gasteiger partial charge is 0.280 e. The average molecular weight is 397 g/mol. The first-order valence-corrected chi connectivity index (χ1v) is 9.89. The first-order valence-electron chi connectivity index (χ1n) is 9.07. The summed E-state index contributed by atoms with van der Waals surface area (Å²) in [7, 11) is 0. The molecule has 0 bridgehead atoms. The van der Waals surface area contributed by atoms with Crippen LogP contribution in [-0.2, 0) is 6.54 Å². The van der Waals surface area contributed by atoms with Gasteiger partial charge in [0.25, 0.3) is 5.91 Å². The van der Waals surface area contributed by atoms with Crippen LogP contribution in [0.1, 0.15) is 16.2 Å². The summed E-state index contributed by atoms with van der Waals surface area (Å²) < 4.78 is 1.02. The fourth-order valence-electron chi connectivity index (χ4n) is 3.05. The van der Waals surface area contributed by atoms with E-state index in [9.17, 15) is 4.79 Å². The number of amides is 1. The van der Waals surface area contributed by atoms with Crippen molar-refractivity contribution in [1.82, 2.24) is 19.9 Å². The molecule has 0 aliphatic carbocycles. The molecule has 29 heavy (non-hydrogen) atoms. The van der Waals surface area contributed by atoms with Gasteiger partial charge in [-0.05, 0) is 36.4 Å². The molecule has 6 nitrogen and oxygen atoms in total. The van der Waals surface area contributed by atoms with Gasteiger partial charge < -0.3 is 0 Å². The zero-order valence-electron chi connectivity index (χ0n) is 15.3. The van der Waals surface area contributed by atoms with Gasteiger partial charge >= 0.3 is 0 Å². The van der Waals surface area contributed by atoms with E-state index in [-0.39, 0.29) is 11.6 Å². The molecule has 7 heteroatoms. The van der Waals surface area contributed by atoms with E-state index in [2.05, 4.69) is 19.9 Å². The first-order chi connectivity index (χ1) is 14.3. The van der Waals surface area contributed by atoms with Crippen LogP contribution in [0, 0.1) is 0 Å². The fourth-order valence-corrected chi connectivity index (χ4v) is 4.02. The van der Waals surface area contributed by atoms with E-state index in [4.69, 9.17) is 0 Å². The van der Waals surface area contributed by atoms with Gasteiger partial charge in [0.15, 0.2) is 5.13 Å². The molecule has 0 N–H and O–H groups in total. The van der Waals surface area contributed by atoms with Crippen molar-refractivity contribution in [2.24, 2.45) is 0 Å². The minimum Gasteiger partial charge on any atom is -0.276 e. The van der Waals surface area contributed by atoms with Crippen molar-refractivity contribution in [1.29, 1.82) is 0 Å². The van der Waals surface area contributed by atoms with E-state index < -0.39 is 0 Å². The van der Waals surface area contributed by atoms with Gasteiger partial charge in [-0.3, -0.25) is 19.7 Å². The number of pyridine rings is 1. The van der Waals surface area contributed by atoms with Crippen molar-refractivity contribution in [2.75, 3.05) is 4.90 Å². The maximum Gasteiger partial charge on any atom is 0.280 e. The quantitative estimate of drug-likeness (QED) is 0.447. The lowest BCUT2D eigenvalue weighted by Crippen LogP contribution is -2.31. The minimum atomic E-state index is -0.257. The van der Waals surface area contributed by atoms with E-state index in [0.29, 0.717) is 17.2 Å². The van der Waals surface area contributed by atoms with E-state index >= 15 is 0 Å². The molecule has 0 aliphatic heterocycles. The molecule has 0 aliphatic rings. The van der Waals surface area contributed by atoms with Gasteiger partial charge in [-0.2, -0.15) is 0 Å². The van der Waals surface area contributed by atoms with Gasteiger partial charge in [-0.15, -0.1) is 0 Å². The van der Waals surface area contributed by atoms with Crippen LogP contribution in [0.2, 0.25) is 0 Å². The van der Waals surface area contributed by atoms with Gasteiger partial charge in [0.05, 0.1) is 39.7 Å². The predicted octanol–water partition coefficient (Wildman–Crippen LogP) is 4.48. The number of rotatable bonds is 4. The molecule has 5 aromatic rings. The molecule has 5 rings (SSSR count). The van der Waals surface area contributed by atoms with Crippen LogP contribution in [0.5, 0.6) is 0 Å². The maximum absolute atomic E-state index is 13.4. The zero-order chi connectivity index (χ0) is 19.6. The number of benzene rings is 2. The molecule has 1 amide bonds. The number of anilines is 1. The van der Waals surface area contributed by atoms with E-state index in [0.717, 1.165) is 21.4 Å². The Balaban J connectivity index is 1.58. The van der Waals surface area contributed by atoms with Crippen molar-refractivity contribution in [2.45, 2.75) is 6.54 Å². The van der Waals surface area contributed by atoms with Gasteiger partial charge in [0.1, 0.15) is 5.69 Å². The first kappa shape index (κ1) is 17.4. The number of para-hydroxylation sites is 3. The SMILES string of the molecule is O=C(c1cnc2ccccc2n1)N(Cc1ccccn1)c1nc2ccccc2s1. The summed E-state index contributed by atoms with van der Waals surface area (Å²) in [5, 5.41) is 0.608. The molecule has 2 aromatic carbocycles. The Labute approximate surface area is 170 Å². The van der Waals surface area contributed by atoms with Crippen molar-refractivity contribution in [3.63, 3.8) is 0 Å². The molecule has 3 aromatic heterocycles. The fraction of sp³-hybridized carbons (Fsp3) is 0.0455. The Hall–Kier alpha value is -3.71. The molecule has 0 spiro atoms. The highest BCUT2D eigenvalue weighted by Crippen LogP contribution is 2.30. The summed E-state index contributed by atoms with van der Waals surface area (Å²) in [6.07, 6.45) is 3.23. The van der Waals surface area contributed by atoms with E-state index in [1.165, 1.54) is 17.5 Å². The van der Waals surface area contributed by atoms with Crippen LogP contribution in [0.4, 0.5) is 5.13 Å². The van der Waals surface area contributed by atoms with Crippen molar-refractivity contribution < 1.29 is 4.79 Å². The number of hydrogen-bond acceptors (Lipinski definition) is 6. The third-order valence-corrected chi connectivity index (χ3v) is 5.53. The molecule has 140 valence electrons. The lowest BCUT2D eigenvalue weighted by Gasteiger charge is -2.19. The second-order valence-electron chi connectivity index (χ2n) is 6.42. The highest BCUT2D eigenvalue weighted by Gasteiger charge is 2.23. The topological polar surface area (TPSA) is 71.9 Å². The Morgan fingerprint density at radius 2 is 1.59 bits per heavy atom. The Kier molecular flexibility index (Phi) is 4.42. The molecule has 0 unspecified atom stereocenters. The molecular weight excluding hydrogens is 382 g/mol. The number of thiazole rings is 1. The van der Waals surface area contributed by atoms with Crippen molar-refractivity contribution >= 4 is 43.6 Å². The summed E-state index contributed by atoms with van der Waals surface area (Å²) in [4.78, 5) is 33.0. The Morgan fingerprint density at radius 3 is 2.38 bits per heavy atom. The van der Waals surface area contributed by atoms with Crippen LogP contribution in [0.3, 0.4) is 0 Å². The Morgan fingerprint density at radius 1 is 0.828 bits per heavy atom. The molecular formula is C22H15N5OS. The summed E-state index contributed by atoms with van der Waals surface area (Å²) in [5.41, 5.74) is 3.34. The monoisotopic (exact) mass is 397 g/mol. The number of fused-ring (bicyclic) bond motifs is 2. The van der Waals surface area contributed by atoms with Gasteiger partial charge in [-0.25, -0.2) is 9.97 Å². The molecule has 0 saturated heterocycles. The third-order valence-electron chi connectivity index (χ3n) is 4.47.